The van der Waals surface area contributed by atoms with E-state index in [1.54, 1.807) is 12.1 Å². The van der Waals surface area contributed by atoms with E-state index in [0.717, 1.165) is 0 Å². The second-order valence-corrected chi connectivity index (χ2v) is 3.23. The molecular weight excluding hydrogens is 191 g/mol. The van der Waals surface area contributed by atoms with Crippen LogP contribution < -0.4 is 0 Å². The van der Waals surface area contributed by atoms with Crippen molar-refractivity contribution in [3.05, 3.63) is 34.3 Å². The molecule has 0 nitrogen and oxygen atoms in total. The Labute approximate surface area is 84.5 Å². The zero-order valence-corrected chi connectivity index (χ0v) is 8.99. The topological polar surface area (TPSA) is 0 Å². The first-order chi connectivity index (χ1) is 5.72. The van der Waals surface area contributed by atoms with Gasteiger partial charge in [-0.05, 0) is 12.1 Å². The van der Waals surface area contributed by atoms with Gasteiger partial charge in [0.05, 0.1) is 10.0 Å². The molecule has 0 radical (unpaired) electrons. The van der Waals surface area contributed by atoms with E-state index in [9.17, 15) is 0 Å². The third kappa shape index (κ3) is 5.45. The molecule has 1 rings (SSSR count). The molecule has 0 aromatic heterocycles. The van der Waals surface area contributed by atoms with Crippen molar-refractivity contribution in [2.45, 2.75) is 26.7 Å². The summed E-state index contributed by atoms with van der Waals surface area (Å²) in [6.07, 6.45) is 2.64. The Morgan fingerprint density at radius 2 is 1.25 bits per heavy atom. The highest BCUT2D eigenvalue weighted by molar-refractivity contribution is 6.41. The minimum Gasteiger partial charge on any atom is -0.0827 e. The smallest absolute Gasteiger partial charge is 0.0592 e. The van der Waals surface area contributed by atoms with E-state index in [1.807, 2.05) is 12.1 Å². The maximum atomic E-state index is 5.58. The summed E-state index contributed by atoms with van der Waals surface area (Å²) in [5.41, 5.74) is 0. The number of halogens is 2. The molecule has 0 heterocycles. The highest BCUT2D eigenvalue weighted by Gasteiger charge is 1.89. The maximum absolute atomic E-state index is 5.58. The van der Waals surface area contributed by atoms with Crippen LogP contribution in [0.1, 0.15) is 26.7 Å². The Hall–Kier alpha value is -0.200. The van der Waals surface area contributed by atoms with Gasteiger partial charge in [-0.2, -0.15) is 0 Å². The van der Waals surface area contributed by atoms with Crippen LogP contribution in [-0.2, 0) is 0 Å². The maximum Gasteiger partial charge on any atom is 0.0592 e. The van der Waals surface area contributed by atoms with Crippen LogP contribution in [0.5, 0.6) is 0 Å². The van der Waals surface area contributed by atoms with Gasteiger partial charge < -0.3 is 0 Å². The summed E-state index contributed by atoms with van der Waals surface area (Å²) in [4.78, 5) is 0. The number of hydrogen-bond donors (Lipinski definition) is 0. The van der Waals surface area contributed by atoms with Gasteiger partial charge in [-0.3, -0.25) is 0 Å². The summed E-state index contributed by atoms with van der Waals surface area (Å²) >= 11 is 11.2. The van der Waals surface area contributed by atoms with Crippen LogP contribution in [-0.4, -0.2) is 0 Å². The predicted molar refractivity (Wildman–Crippen MR) is 57.0 cm³/mol. The third-order valence-corrected chi connectivity index (χ3v) is 2.08. The van der Waals surface area contributed by atoms with Crippen molar-refractivity contribution in [3.8, 4) is 0 Å². The molecule has 0 aliphatic rings. The van der Waals surface area contributed by atoms with Gasteiger partial charge >= 0.3 is 0 Å². The lowest BCUT2D eigenvalue weighted by Crippen LogP contribution is -1.62. The average Bonchev–Trinajstić information content (AvgIpc) is 2.11. The molecule has 0 saturated heterocycles. The molecule has 0 spiro atoms. The van der Waals surface area contributed by atoms with Crippen molar-refractivity contribution in [1.82, 2.24) is 0 Å². The standard InChI is InChI=1S/C6H4Cl2.C4H10/c7-5-3-1-2-4-6(5)8;1-3-4-2/h1-4H;3-4H2,1-2H3. The summed E-state index contributed by atoms with van der Waals surface area (Å²) in [5.74, 6) is 0. The molecular formula is C10H14Cl2. The van der Waals surface area contributed by atoms with Gasteiger partial charge in [0.25, 0.3) is 0 Å². The lowest BCUT2D eigenvalue weighted by molar-refractivity contribution is 0.886. The molecule has 0 aliphatic heterocycles. The summed E-state index contributed by atoms with van der Waals surface area (Å²) in [6.45, 7) is 4.36. The summed E-state index contributed by atoms with van der Waals surface area (Å²) < 4.78 is 0. The molecule has 68 valence electrons. The highest BCUT2D eigenvalue weighted by atomic mass is 35.5. The molecule has 0 N–H and O–H groups in total. The predicted octanol–water partition coefficient (Wildman–Crippen LogP) is 4.80. The Bertz CT molecular complexity index is 186. The second-order valence-electron chi connectivity index (χ2n) is 2.41. The van der Waals surface area contributed by atoms with Crippen LogP contribution in [0.2, 0.25) is 10.0 Å². The minimum absolute atomic E-state index is 0.606. The van der Waals surface area contributed by atoms with Crippen LogP contribution >= 0.6 is 23.2 Å². The van der Waals surface area contributed by atoms with Crippen molar-refractivity contribution in [1.29, 1.82) is 0 Å². The fraction of sp³-hybridized carbons (Fsp3) is 0.400. The average molecular weight is 205 g/mol. The lowest BCUT2D eigenvalue weighted by atomic mass is 10.4. The monoisotopic (exact) mass is 204 g/mol. The van der Waals surface area contributed by atoms with Crippen molar-refractivity contribution >= 4 is 23.2 Å². The van der Waals surface area contributed by atoms with Crippen LogP contribution in [0.15, 0.2) is 24.3 Å². The van der Waals surface area contributed by atoms with E-state index >= 15 is 0 Å². The summed E-state index contributed by atoms with van der Waals surface area (Å²) in [6, 6.07) is 7.19. The Kier molecular flexibility index (Phi) is 7.33. The molecule has 1 aromatic carbocycles. The van der Waals surface area contributed by atoms with E-state index in [2.05, 4.69) is 13.8 Å². The summed E-state index contributed by atoms with van der Waals surface area (Å²) in [7, 11) is 0. The molecule has 0 fully saturated rings. The number of benzene rings is 1. The van der Waals surface area contributed by atoms with Crippen molar-refractivity contribution in [2.75, 3.05) is 0 Å². The van der Waals surface area contributed by atoms with E-state index in [0.29, 0.717) is 10.0 Å². The fourth-order valence-electron chi connectivity index (χ4n) is 0.439. The van der Waals surface area contributed by atoms with Gasteiger partial charge in [-0.25, -0.2) is 0 Å². The fourth-order valence-corrected chi connectivity index (χ4v) is 0.711. The van der Waals surface area contributed by atoms with Crippen molar-refractivity contribution in [3.63, 3.8) is 0 Å². The van der Waals surface area contributed by atoms with Gasteiger partial charge in [0, 0.05) is 0 Å². The normalized spacial score (nSPS) is 8.67. The Morgan fingerprint density at radius 1 is 0.917 bits per heavy atom. The van der Waals surface area contributed by atoms with E-state index in [1.165, 1.54) is 12.8 Å². The molecule has 0 atom stereocenters. The number of rotatable bonds is 1. The number of hydrogen-bond acceptors (Lipinski definition) is 0. The van der Waals surface area contributed by atoms with Gasteiger partial charge in [-0.15, -0.1) is 0 Å². The highest BCUT2D eigenvalue weighted by Crippen LogP contribution is 2.19. The molecule has 0 bridgehead atoms. The van der Waals surface area contributed by atoms with E-state index < -0.39 is 0 Å². The van der Waals surface area contributed by atoms with Gasteiger partial charge in [0.2, 0.25) is 0 Å². The molecule has 0 aliphatic carbocycles. The first-order valence-corrected chi connectivity index (χ1v) is 4.88. The second kappa shape index (κ2) is 7.45. The van der Waals surface area contributed by atoms with Crippen molar-refractivity contribution < 1.29 is 0 Å². The van der Waals surface area contributed by atoms with Gasteiger partial charge in [0.15, 0.2) is 0 Å². The minimum atomic E-state index is 0.606. The first kappa shape index (κ1) is 11.8. The Morgan fingerprint density at radius 3 is 1.42 bits per heavy atom. The quantitative estimate of drug-likeness (QED) is 0.617. The Balaban J connectivity index is 0.000000261. The molecule has 12 heavy (non-hydrogen) atoms. The van der Waals surface area contributed by atoms with Crippen LogP contribution in [0.3, 0.4) is 0 Å². The SMILES string of the molecule is CCCC.Clc1ccccc1Cl. The zero-order chi connectivity index (χ0) is 9.40. The van der Waals surface area contributed by atoms with Gasteiger partial charge in [0.1, 0.15) is 0 Å². The molecule has 0 unspecified atom stereocenters. The molecule has 1 aromatic rings. The first-order valence-electron chi connectivity index (χ1n) is 4.12. The van der Waals surface area contributed by atoms with E-state index in [4.69, 9.17) is 23.2 Å². The lowest BCUT2D eigenvalue weighted by Gasteiger charge is -1.88. The van der Waals surface area contributed by atoms with E-state index in [-0.39, 0.29) is 0 Å². The molecule has 0 amide bonds. The summed E-state index contributed by atoms with van der Waals surface area (Å²) in [5, 5.41) is 1.21. The van der Waals surface area contributed by atoms with Crippen LogP contribution in [0.25, 0.3) is 0 Å². The van der Waals surface area contributed by atoms with Crippen LogP contribution in [0.4, 0.5) is 0 Å². The molecule has 0 saturated carbocycles. The van der Waals surface area contributed by atoms with Gasteiger partial charge in [-0.1, -0.05) is 62.0 Å². The van der Waals surface area contributed by atoms with Crippen LogP contribution in [0, 0.1) is 0 Å². The third-order valence-electron chi connectivity index (χ3n) is 1.32. The molecule has 2 heteroatoms. The zero-order valence-electron chi connectivity index (χ0n) is 7.48. The largest absolute Gasteiger partial charge is 0.0827 e. The van der Waals surface area contributed by atoms with Crippen molar-refractivity contribution in [2.24, 2.45) is 0 Å². The number of unbranched alkanes of at least 4 members (excludes halogenated alkanes) is 1.